The maximum atomic E-state index is 12.7. The Kier molecular flexibility index (Phi) is 6.36. The molecule has 0 unspecified atom stereocenters. The van der Waals surface area contributed by atoms with Gasteiger partial charge in [-0.05, 0) is 106 Å². The van der Waals surface area contributed by atoms with Crippen LogP contribution in [0.2, 0.25) is 19.1 Å². The molecule has 4 aliphatic carbocycles. The third-order valence-electron chi connectivity index (χ3n) is 9.82. The van der Waals surface area contributed by atoms with Crippen LogP contribution in [-0.2, 0) is 14.0 Å². The Morgan fingerprint density at radius 3 is 2.53 bits per heavy atom. The van der Waals surface area contributed by atoms with E-state index in [1.54, 1.807) is 0 Å². The van der Waals surface area contributed by atoms with Crippen molar-refractivity contribution in [1.82, 2.24) is 0 Å². The molecule has 172 valence electrons. The van der Waals surface area contributed by atoms with Crippen LogP contribution in [0.3, 0.4) is 0 Å². The van der Waals surface area contributed by atoms with Crippen LogP contribution in [0.5, 0.6) is 0 Å². The second-order valence-corrected chi connectivity index (χ2v) is 16.8. The van der Waals surface area contributed by atoms with Gasteiger partial charge in [0.25, 0.3) is 0 Å². The standard InChI is InChI=1S/C26H46O3Si/c1-18(2)16-30(5,6)29-20-11-14-26(17-28-4)19(15-20)7-8-21-22-9-10-24(27)25(22,3)13-12-23(21)26/h18-23H,7-17H2,1-6H3/t19-,20+,21-,22-,23-,25-,26+/m0/s1. The van der Waals surface area contributed by atoms with Gasteiger partial charge in [0.15, 0.2) is 8.32 Å². The zero-order valence-electron chi connectivity index (χ0n) is 20.5. The Bertz CT molecular complexity index is 646. The Morgan fingerprint density at radius 2 is 1.83 bits per heavy atom. The van der Waals surface area contributed by atoms with Crippen LogP contribution in [0, 0.1) is 40.4 Å². The van der Waals surface area contributed by atoms with E-state index in [2.05, 4.69) is 33.9 Å². The van der Waals surface area contributed by atoms with Gasteiger partial charge in [-0.3, -0.25) is 4.79 Å². The minimum absolute atomic E-state index is 0.0188. The third-order valence-corrected chi connectivity index (χ3v) is 12.6. The number of Topliss-reactive ketones (excluding diaryl/α,β-unsaturated/α-hetero) is 1. The summed E-state index contributed by atoms with van der Waals surface area (Å²) in [6, 6.07) is 1.26. The first-order valence-electron chi connectivity index (χ1n) is 12.8. The highest BCUT2D eigenvalue weighted by Crippen LogP contribution is 2.65. The molecule has 4 heteroatoms. The summed E-state index contributed by atoms with van der Waals surface area (Å²) >= 11 is 0. The van der Waals surface area contributed by atoms with E-state index in [0.29, 0.717) is 23.2 Å². The molecule has 0 aliphatic heterocycles. The highest BCUT2D eigenvalue weighted by molar-refractivity contribution is 6.71. The summed E-state index contributed by atoms with van der Waals surface area (Å²) in [5, 5.41) is 0. The van der Waals surface area contributed by atoms with E-state index < -0.39 is 8.32 Å². The van der Waals surface area contributed by atoms with Gasteiger partial charge in [0.05, 0.1) is 6.61 Å². The van der Waals surface area contributed by atoms with Crippen LogP contribution in [0.25, 0.3) is 0 Å². The number of hydrogen-bond donors (Lipinski definition) is 0. The molecule has 4 fully saturated rings. The number of methoxy groups -OCH3 is 1. The number of rotatable bonds is 6. The molecule has 0 radical (unpaired) electrons. The van der Waals surface area contributed by atoms with Crippen molar-refractivity contribution in [3.63, 3.8) is 0 Å². The van der Waals surface area contributed by atoms with Crippen LogP contribution >= 0.6 is 0 Å². The number of fused-ring (bicyclic) bond motifs is 5. The Hall–Kier alpha value is -0.193. The van der Waals surface area contributed by atoms with Gasteiger partial charge in [-0.15, -0.1) is 0 Å². The predicted octanol–water partition coefficient (Wildman–Crippen LogP) is 6.47. The molecule has 0 N–H and O–H groups in total. The molecule has 0 amide bonds. The van der Waals surface area contributed by atoms with E-state index in [1.165, 1.54) is 44.6 Å². The van der Waals surface area contributed by atoms with Gasteiger partial charge >= 0.3 is 0 Å². The summed E-state index contributed by atoms with van der Waals surface area (Å²) in [6.45, 7) is 12.7. The average Bonchev–Trinajstić information content (AvgIpc) is 2.96. The number of carbonyl (C=O) groups excluding carboxylic acids is 1. The van der Waals surface area contributed by atoms with Crippen LogP contribution < -0.4 is 0 Å². The Labute approximate surface area is 186 Å². The summed E-state index contributed by atoms with van der Waals surface area (Å²) in [6.07, 6.45) is 11.1. The van der Waals surface area contributed by atoms with Gasteiger partial charge in [0.1, 0.15) is 5.78 Å². The van der Waals surface area contributed by atoms with E-state index >= 15 is 0 Å². The fourth-order valence-electron chi connectivity index (χ4n) is 8.92. The summed E-state index contributed by atoms with van der Waals surface area (Å²) < 4.78 is 12.8. The zero-order valence-corrected chi connectivity index (χ0v) is 21.5. The van der Waals surface area contributed by atoms with Gasteiger partial charge in [-0.2, -0.15) is 0 Å². The topological polar surface area (TPSA) is 35.5 Å². The largest absolute Gasteiger partial charge is 0.414 e. The first-order chi connectivity index (χ1) is 14.1. The fourth-order valence-corrected chi connectivity index (χ4v) is 12.1. The van der Waals surface area contributed by atoms with Crippen LogP contribution in [-0.4, -0.2) is 33.9 Å². The van der Waals surface area contributed by atoms with Crippen molar-refractivity contribution < 1.29 is 14.0 Å². The molecular weight excluding hydrogens is 388 g/mol. The fraction of sp³-hybridized carbons (Fsp3) is 0.962. The normalized spacial score (nSPS) is 44.0. The SMILES string of the molecule is COC[C@]12CC[C@@H](O[Si](C)(C)CC(C)C)C[C@@H]1CC[C@@H]1[C@@H]2CC[C@]2(C)C(=O)CC[C@@H]12. The lowest BCUT2D eigenvalue weighted by Gasteiger charge is -2.61. The lowest BCUT2D eigenvalue weighted by molar-refractivity contribution is -0.158. The van der Waals surface area contributed by atoms with E-state index in [-0.39, 0.29) is 5.41 Å². The molecule has 0 saturated heterocycles. The van der Waals surface area contributed by atoms with Gasteiger partial charge < -0.3 is 9.16 Å². The molecule has 0 aromatic carbocycles. The highest BCUT2D eigenvalue weighted by atomic mass is 28.4. The number of hydrogen-bond acceptors (Lipinski definition) is 3. The summed E-state index contributed by atoms with van der Waals surface area (Å²) in [4.78, 5) is 12.7. The van der Waals surface area contributed by atoms with Crippen molar-refractivity contribution in [1.29, 1.82) is 0 Å². The van der Waals surface area contributed by atoms with Crippen molar-refractivity contribution in [2.45, 2.75) is 104 Å². The first kappa shape index (κ1) is 23.0. The van der Waals surface area contributed by atoms with Crippen molar-refractivity contribution >= 4 is 14.1 Å². The van der Waals surface area contributed by atoms with Gasteiger partial charge in [-0.25, -0.2) is 0 Å². The van der Waals surface area contributed by atoms with E-state index in [1.807, 2.05) is 7.11 Å². The van der Waals surface area contributed by atoms with Gasteiger partial charge in [0, 0.05) is 25.0 Å². The van der Waals surface area contributed by atoms with Crippen LogP contribution in [0.15, 0.2) is 0 Å². The lowest BCUT2D eigenvalue weighted by atomic mass is 9.45. The number of ether oxygens (including phenoxy) is 1. The maximum Gasteiger partial charge on any atom is 0.187 e. The molecule has 4 rings (SSSR count). The molecule has 4 aliphatic rings. The van der Waals surface area contributed by atoms with E-state index in [0.717, 1.165) is 49.5 Å². The molecule has 0 aromatic rings. The van der Waals surface area contributed by atoms with Crippen LogP contribution in [0.1, 0.15) is 78.6 Å². The van der Waals surface area contributed by atoms with Gasteiger partial charge in [-0.1, -0.05) is 20.8 Å². The molecule has 30 heavy (non-hydrogen) atoms. The Morgan fingerprint density at radius 1 is 1.07 bits per heavy atom. The average molecular weight is 435 g/mol. The number of ketones is 1. The van der Waals surface area contributed by atoms with E-state index in [9.17, 15) is 4.79 Å². The summed E-state index contributed by atoms with van der Waals surface area (Å²) in [5.41, 5.74) is 0.309. The smallest absolute Gasteiger partial charge is 0.187 e. The second-order valence-electron chi connectivity index (χ2n) is 12.6. The van der Waals surface area contributed by atoms with Crippen molar-refractivity contribution in [2.75, 3.05) is 13.7 Å². The lowest BCUT2D eigenvalue weighted by Crippen LogP contribution is -2.57. The van der Waals surface area contributed by atoms with Crippen molar-refractivity contribution in [3.8, 4) is 0 Å². The molecule has 0 spiro atoms. The molecule has 3 nitrogen and oxygen atoms in total. The quantitative estimate of drug-likeness (QED) is 0.449. The number of carbonyl (C=O) groups is 1. The third kappa shape index (κ3) is 3.88. The Balaban J connectivity index is 1.52. The molecule has 0 bridgehead atoms. The second kappa shape index (κ2) is 8.30. The van der Waals surface area contributed by atoms with Crippen molar-refractivity contribution in [3.05, 3.63) is 0 Å². The highest BCUT2D eigenvalue weighted by Gasteiger charge is 2.61. The molecule has 0 aromatic heterocycles. The minimum Gasteiger partial charge on any atom is -0.414 e. The maximum absolute atomic E-state index is 12.7. The molecule has 0 heterocycles. The first-order valence-corrected chi connectivity index (χ1v) is 15.9. The monoisotopic (exact) mass is 434 g/mol. The predicted molar refractivity (Wildman–Crippen MR) is 125 cm³/mol. The zero-order chi connectivity index (χ0) is 21.7. The van der Waals surface area contributed by atoms with E-state index in [4.69, 9.17) is 9.16 Å². The minimum atomic E-state index is -1.59. The molecular formula is C26H46O3Si. The van der Waals surface area contributed by atoms with Crippen molar-refractivity contribution in [2.24, 2.45) is 40.4 Å². The van der Waals surface area contributed by atoms with Crippen LogP contribution in [0.4, 0.5) is 0 Å². The molecule has 4 saturated carbocycles. The summed E-state index contributed by atoms with van der Waals surface area (Å²) in [5.74, 6) is 4.15. The summed E-state index contributed by atoms with van der Waals surface area (Å²) in [7, 11) is 0.314. The molecule has 7 atom stereocenters. The van der Waals surface area contributed by atoms with Gasteiger partial charge in [0.2, 0.25) is 0 Å².